The maximum absolute atomic E-state index is 12.5. The summed E-state index contributed by atoms with van der Waals surface area (Å²) < 4.78 is 12.8. The van der Waals surface area contributed by atoms with E-state index in [2.05, 4.69) is 15.9 Å². The molecule has 0 aromatic heterocycles. The largest absolute Gasteiger partial charge is 0.505 e. The van der Waals surface area contributed by atoms with Crippen LogP contribution in [0.5, 0.6) is 5.75 Å². The summed E-state index contributed by atoms with van der Waals surface area (Å²) in [6.07, 6.45) is 0.531. The third-order valence-electron chi connectivity index (χ3n) is 1.19. The summed E-state index contributed by atoms with van der Waals surface area (Å²) in [4.78, 5) is 10.2. The fraction of sp³-hybridized carbons (Fsp3) is 0. The number of phenols is 1. The van der Waals surface area contributed by atoms with Gasteiger partial charge in [0.05, 0.1) is 0 Å². The Morgan fingerprint density at radius 2 is 2.18 bits per heavy atom. The van der Waals surface area contributed by atoms with Gasteiger partial charge in [0.1, 0.15) is 0 Å². The minimum Gasteiger partial charge on any atom is -0.505 e. The number of halogens is 2. The third-order valence-corrected chi connectivity index (χ3v) is 1.88. The predicted molar refractivity (Wildman–Crippen MR) is 41.2 cm³/mol. The van der Waals surface area contributed by atoms with Gasteiger partial charge < -0.3 is 5.11 Å². The summed E-state index contributed by atoms with van der Waals surface area (Å²) >= 11 is 2.96. The van der Waals surface area contributed by atoms with E-state index < -0.39 is 11.6 Å². The van der Waals surface area contributed by atoms with Crippen molar-refractivity contribution in [2.45, 2.75) is 0 Å². The fourth-order valence-electron chi connectivity index (χ4n) is 0.644. The second-order valence-electron chi connectivity index (χ2n) is 1.94. The summed E-state index contributed by atoms with van der Waals surface area (Å²) in [5, 5.41) is 8.80. The average molecular weight is 219 g/mol. The van der Waals surface area contributed by atoms with Crippen LogP contribution >= 0.6 is 15.9 Å². The molecular weight excluding hydrogens is 215 g/mol. The predicted octanol–water partition coefficient (Wildman–Crippen LogP) is 2.11. The van der Waals surface area contributed by atoms with Crippen molar-refractivity contribution in [3.8, 4) is 5.75 Å². The lowest BCUT2D eigenvalue weighted by molar-refractivity contribution is 0.112. The van der Waals surface area contributed by atoms with Crippen molar-refractivity contribution in [2.24, 2.45) is 0 Å². The molecule has 0 bridgehead atoms. The van der Waals surface area contributed by atoms with Gasteiger partial charge in [0.15, 0.2) is 17.9 Å². The Labute approximate surface area is 70.8 Å². The Hall–Kier alpha value is -0.900. The summed E-state index contributed by atoms with van der Waals surface area (Å²) in [7, 11) is 0. The standard InChI is InChI=1S/C7H4BrFO2/c8-5-2-6(9)7(11)1-4(5)3-10/h1-3,11H. The zero-order valence-corrected chi connectivity index (χ0v) is 6.93. The summed E-state index contributed by atoms with van der Waals surface area (Å²) in [5.41, 5.74) is 0.226. The van der Waals surface area contributed by atoms with Crippen LogP contribution in [0.15, 0.2) is 16.6 Å². The van der Waals surface area contributed by atoms with Crippen LogP contribution in [-0.4, -0.2) is 11.4 Å². The van der Waals surface area contributed by atoms with E-state index in [1.165, 1.54) is 0 Å². The van der Waals surface area contributed by atoms with E-state index in [1.807, 2.05) is 0 Å². The number of benzene rings is 1. The van der Waals surface area contributed by atoms with Gasteiger partial charge in [-0.15, -0.1) is 0 Å². The number of phenolic OH excluding ortho intramolecular Hbond substituents is 1. The second kappa shape index (κ2) is 3.00. The van der Waals surface area contributed by atoms with E-state index in [0.717, 1.165) is 12.1 Å². The van der Waals surface area contributed by atoms with Crippen LogP contribution < -0.4 is 0 Å². The molecule has 0 atom stereocenters. The van der Waals surface area contributed by atoms with Crippen molar-refractivity contribution in [3.05, 3.63) is 28.0 Å². The first-order chi connectivity index (χ1) is 5.15. The molecule has 1 N–H and O–H groups in total. The Kier molecular flexibility index (Phi) is 2.24. The van der Waals surface area contributed by atoms with E-state index >= 15 is 0 Å². The molecule has 0 saturated heterocycles. The third kappa shape index (κ3) is 1.57. The van der Waals surface area contributed by atoms with Crippen LogP contribution in [0.3, 0.4) is 0 Å². The fourth-order valence-corrected chi connectivity index (χ4v) is 1.05. The summed E-state index contributed by atoms with van der Waals surface area (Å²) in [6.45, 7) is 0. The average Bonchev–Trinajstić information content (AvgIpc) is 1.97. The Morgan fingerprint density at radius 3 is 2.73 bits per heavy atom. The lowest BCUT2D eigenvalue weighted by Gasteiger charge is -1.98. The van der Waals surface area contributed by atoms with Crippen LogP contribution in [0.25, 0.3) is 0 Å². The molecule has 0 unspecified atom stereocenters. The number of carbonyl (C=O) groups is 1. The lowest BCUT2D eigenvalue weighted by Crippen LogP contribution is -1.84. The van der Waals surface area contributed by atoms with Gasteiger partial charge in [-0.1, -0.05) is 0 Å². The molecule has 0 amide bonds. The van der Waals surface area contributed by atoms with Gasteiger partial charge >= 0.3 is 0 Å². The van der Waals surface area contributed by atoms with Crippen LogP contribution in [0.2, 0.25) is 0 Å². The van der Waals surface area contributed by atoms with Crippen molar-refractivity contribution < 1.29 is 14.3 Å². The van der Waals surface area contributed by atoms with E-state index in [4.69, 9.17) is 5.11 Å². The van der Waals surface area contributed by atoms with Gasteiger partial charge in [-0.2, -0.15) is 0 Å². The molecule has 0 spiro atoms. The molecule has 0 heterocycles. The molecule has 0 aliphatic rings. The zero-order chi connectivity index (χ0) is 8.43. The quantitative estimate of drug-likeness (QED) is 0.734. The van der Waals surface area contributed by atoms with Crippen molar-refractivity contribution in [1.29, 1.82) is 0 Å². The molecule has 0 radical (unpaired) electrons. The molecule has 2 nitrogen and oxygen atoms in total. The molecule has 0 aliphatic heterocycles. The first-order valence-electron chi connectivity index (χ1n) is 2.78. The number of hydrogen-bond acceptors (Lipinski definition) is 2. The van der Waals surface area contributed by atoms with Gasteiger partial charge in [-0.05, 0) is 28.1 Å². The number of aldehydes is 1. The van der Waals surface area contributed by atoms with Gasteiger partial charge in [0.2, 0.25) is 0 Å². The molecule has 1 rings (SSSR count). The minimum atomic E-state index is -0.748. The summed E-state index contributed by atoms with van der Waals surface area (Å²) in [5.74, 6) is -1.27. The minimum absolute atomic E-state index is 0.226. The number of hydrogen-bond donors (Lipinski definition) is 1. The molecule has 0 fully saturated rings. The van der Waals surface area contributed by atoms with Crippen molar-refractivity contribution in [1.82, 2.24) is 0 Å². The number of aromatic hydroxyl groups is 1. The molecule has 1 aromatic rings. The van der Waals surface area contributed by atoms with Crippen molar-refractivity contribution >= 4 is 22.2 Å². The number of carbonyl (C=O) groups excluding carboxylic acids is 1. The van der Waals surface area contributed by atoms with Crippen LogP contribution in [0.4, 0.5) is 4.39 Å². The van der Waals surface area contributed by atoms with Gasteiger partial charge in [0.25, 0.3) is 0 Å². The molecule has 0 saturated carbocycles. The van der Waals surface area contributed by atoms with Crippen LogP contribution in [0, 0.1) is 5.82 Å². The molecular formula is C7H4BrFO2. The Bertz CT molecular complexity index is 299. The highest BCUT2D eigenvalue weighted by atomic mass is 79.9. The molecule has 1 aromatic carbocycles. The summed E-state index contributed by atoms with van der Waals surface area (Å²) in [6, 6.07) is 2.10. The van der Waals surface area contributed by atoms with E-state index in [9.17, 15) is 9.18 Å². The van der Waals surface area contributed by atoms with E-state index in [1.54, 1.807) is 0 Å². The van der Waals surface area contributed by atoms with Crippen molar-refractivity contribution in [3.63, 3.8) is 0 Å². The van der Waals surface area contributed by atoms with E-state index in [0.29, 0.717) is 10.8 Å². The lowest BCUT2D eigenvalue weighted by atomic mass is 10.2. The number of rotatable bonds is 1. The van der Waals surface area contributed by atoms with E-state index in [-0.39, 0.29) is 5.56 Å². The molecule has 4 heteroatoms. The van der Waals surface area contributed by atoms with Gasteiger partial charge in [0, 0.05) is 10.0 Å². The smallest absolute Gasteiger partial charge is 0.165 e. The highest BCUT2D eigenvalue weighted by Crippen LogP contribution is 2.23. The Balaban J connectivity index is 3.31. The maximum Gasteiger partial charge on any atom is 0.165 e. The monoisotopic (exact) mass is 218 g/mol. The molecule has 0 aliphatic carbocycles. The highest BCUT2D eigenvalue weighted by Gasteiger charge is 2.05. The zero-order valence-electron chi connectivity index (χ0n) is 5.34. The Morgan fingerprint density at radius 1 is 1.55 bits per heavy atom. The highest BCUT2D eigenvalue weighted by molar-refractivity contribution is 9.10. The van der Waals surface area contributed by atoms with Crippen molar-refractivity contribution in [2.75, 3.05) is 0 Å². The van der Waals surface area contributed by atoms with Crippen LogP contribution in [0.1, 0.15) is 10.4 Å². The normalized spacial score (nSPS) is 9.64. The SMILES string of the molecule is O=Cc1cc(O)c(F)cc1Br. The van der Waals surface area contributed by atoms with Gasteiger partial charge in [-0.25, -0.2) is 4.39 Å². The first-order valence-corrected chi connectivity index (χ1v) is 3.57. The second-order valence-corrected chi connectivity index (χ2v) is 2.80. The maximum atomic E-state index is 12.5. The molecule has 58 valence electrons. The van der Waals surface area contributed by atoms with Crippen LogP contribution in [-0.2, 0) is 0 Å². The topological polar surface area (TPSA) is 37.3 Å². The van der Waals surface area contributed by atoms with Gasteiger partial charge in [-0.3, -0.25) is 4.79 Å². The molecule has 11 heavy (non-hydrogen) atoms. The first kappa shape index (κ1) is 8.20.